The quantitative estimate of drug-likeness (QED) is 0.313. The van der Waals surface area contributed by atoms with Gasteiger partial charge in [0.05, 0.1) is 40.4 Å². The molecule has 7 rings (SSSR count). The second-order valence-corrected chi connectivity index (χ2v) is 13.1. The lowest BCUT2D eigenvalue weighted by Gasteiger charge is -2.38. The van der Waals surface area contributed by atoms with E-state index in [0.717, 1.165) is 21.7 Å². The maximum atomic E-state index is 13.4. The van der Waals surface area contributed by atoms with E-state index >= 15 is 0 Å². The molecule has 242 valence electrons. The number of benzene rings is 2. The number of piperidine rings is 1. The molecule has 3 aromatic rings. The predicted molar refractivity (Wildman–Crippen MR) is 172 cm³/mol. The summed E-state index contributed by atoms with van der Waals surface area (Å²) in [6.45, 7) is 6.11. The number of carbonyl (C=O) groups is 5. The lowest BCUT2D eigenvalue weighted by molar-refractivity contribution is -0.136. The molecule has 13 heteroatoms. The van der Waals surface area contributed by atoms with Gasteiger partial charge in [0.25, 0.3) is 17.7 Å². The van der Waals surface area contributed by atoms with Crippen molar-refractivity contribution in [3.05, 3.63) is 76.1 Å². The maximum Gasteiger partial charge on any atom is 0.262 e. The van der Waals surface area contributed by atoms with E-state index in [2.05, 4.69) is 43.4 Å². The maximum absolute atomic E-state index is 13.4. The van der Waals surface area contributed by atoms with E-state index < -0.39 is 35.2 Å². The minimum absolute atomic E-state index is 0.0619. The van der Waals surface area contributed by atoms with E-state index in [0.29, 0.717) is 43.0 Å². The van der Waals surface area contributed by atoms with Crippen molar-refractivity contribution in [2.45, 2.75) is 51.4 Å². The Bertz CT molecular complexity index is 2040. The first kappa shape index (κ1) is 30.8. The fourth-order valence-corrected chi connectivity index (χ4v) is 6.57. The van der Waals surface area contributed by atoms with Crippen LogP contribution in [0.4, 0.5) is 11.4 Å². The van der Waals surface area contributed by atoms with Gasteiger partial charge in [0.1, 0.15) is 11.6 Å². The molecule has 0 saturated carbocycles. The Morgan fingerprint density at radius 3 is 2.54 bits per heavy atom. The summed E-state index contributed by atoms with van der Waals surface area (Å²) in [5.74, 6) is 4.12. The standard InChI is InChI=1S/C35H32N8O5/c1-35(2,34(48)38-28-9-6-22(13-36)26-18-40(3)19-27(26)28)42-17-20(14-37-42)4-5-21-15-41(16-21)23-7-8-24-25(12-23)33(47)43(32(24)46)29-10-11-30(44)39-31(29)45/h6-9,12,14,17,21,29H,10-11,15-16,18-19H2,1-3H3,(H,38,48)(H,39,44,45). The number of nitrogens with one attached hydrogen (secondary N) is 2. The van der Waals surface area contributed by atoms with Gasteiger partial charge >= 0.3 is 0 Å². The smallest absolute Gasteiger partial charge is 0.262 e. The topological polar surface area (TPSA) is 161 Å². The van der Waals surface area contributed by atoms with E-state index in [1.165, 1.54) is 0 Å². The molecule has 4 aliphatic heterocycles. The molecule has 0 aliphatic carbocycles. The molecule has 0 spiro atoms. The molecule has 2 N–H and O–H groups in total. The van der Waals surface area contributed by atoms with E-state index in [9.17, 15) is 29.2 Å². The first-order chi connectivity index (χ1) is 22.9. The summed E-state index contributed by atoms with van der Waals surface area (Å²) in [5.41, 5.74) is 4.13. The number of aromatic nitrogens is 2. The SMILES string of the molecule is CN1Cc2c(C#N)ccc(NC(=O)C(C)(C)n3cc(C#CC4CN(c5ccc6c(c5)C(=O)N(C5CCC(=O)NC5=O)C6=O)C4)cn3)c2C1. The zero-order valence-electron chi connectivity index (χ0n) is 26.7. The molecular weight excluding hydrogens is 612 g/mol. The van der Waals surface area contributed by atoms with E-state index in [-0.39, 0.29) is 35.8 Å². The predicted octanol–water partition coefficient (Wildman–Crippen LogP) is 1.96. The molecule has 4 aliphatic rings. The first-order valence-electron chi connectivity index (χ1n) is 15.7. The number of carbonyl (C=O) groups excluding carboxylic acids is 5. The van der Waals surface area contributed by atoms with Gasteiger partial charge in [-0.25, -0.2) is 0 Å². The molecule has 2 fully saturated rings. The molecule has 1 aromatic heterocycles. The van der Waals surface area contributed by atoms with Crippen LogP contribution < -0.4 is 15.5 Å². The molecule has 2 saturated heterocycles. The highest BCUT2D eigenvalue weighted by Crippen LogP contribution is 2.34. The summed E-state index contributed by atoms with van der Waals surface area (Å²) in [5, 5.41) is 19.2. The van der Waals surface area contributed by atoms with Crippen LogP contribution in [0.3, 0.4) is 0 Å². The number of nitrogens with zero attached hydrogens (tertiary/aromatic N) is 6. The number of hydrogen-bond acceptors (Lipinski definition) is 9. The van der Waals surface area contributed by atoms with Gasteiger partial charge in [-0.05, 0) is 68.8 Å². The Morgan fingerprint density at radius 2 is 1.79 bits per heavy atom. The second-order valence-electron chi connectivity index (χ2n) is 13.1. The molecule has 5 heterocycles. The Hall–Kier alpha value is -5.79. The zero-order valence-corrected chi connectivity index (χ0v) is 26.7. The third-order valence-electron chi connectivity index (χ3n) is 9.46. The first-order valence-corrected chi connectivity index (χ1v) is 15.7. The Balaban J connectivity index is 0.980. The van der Waals surface area contributed by atoms with E-state index in [4.69, 9.17) is 0 Å². The molecule has 48 heavy (non-hydrogen) atoms. The molecule has 2 aromatic carbocycles. The molecule has 5 amide bonds. The normalized spacial score (nSPS) is 19.2. The van der Waals surface area contributed by atoms with Gasteiger partial charge in [-0.1, -0.05) is 11.8 Å². The van der Waals surface area contributed by atoms with E-state index in [1.54, 1.807) is 61.3 Å². The van der Waals surface area contributed by atoms with Crippen LogP contribution in [0, 0.1) is 29.1 Å². The Labute approximate surface area is 276 Å². The highest BCUT2D eigenvalue weighted by atomic mass is 16.2. The minimum Gasteiger partial charge on any atom is -0.369 e. The molecular formula is C35H32N8O5. The fraction of sp³-hybridized carbons (Fsp3) is 0.343. The Kier molecular flexibility index (Phi) is 7.37. The molecule has 1 atom stereocenters. The van der Waals surface area contributed by atoms with Crippen molar-refractivity contribution in [2.75, 3.05) is 30.4 Å². The lowest BCUT2D eigenvalue weighted by Crippen LogP contribution is -2.54. The van der Waals surface area contributed by atoms with Crippen LogP contribution in [0.2, 0.25) is 0 Å². The average molecular weight is 645 g/mol. The summed E-state index contributed by atoms with van der Waals surface area (Å²) in [6.07, 6.45) is 3.55. The number of hydrogen-bond donors (Lipinski definition) is 2. The highest BCUT2D eigenvalue weighted by molar-refractivity contribution is 6.23. The molecule has 0 radical (unpaired) electrons. The van der Waals surface area contributed by atoms with Crippen molar-refractivity contribution >= 4 is 40.9 Å². The number of nitriles is 1. The Morgan fingerprint density at radius 1 is 1.04 bits per heavy atom. The van der Waals surface area contributed by atoms with Crippen LogP contribution >= 0.6 is 0 Å². The third-order valence-corrected chi connectivity index (χ3v) is 9.46. The van der Waals surface area contributed by atoms with Gasteiger partial charge in [0.2, 0.25) is 11.8 Å². The van der Waals surface area contributed by atoms with Crippen molar-refractivity contribution in [1.29, 1.82) is 5.26 Å². The molecule has 1 unspecified atom stereocenters. The second kappa shape index (κ2) is 11.5. The number of imide groups is 2. The van der Waals surface area contributed by atoms with Crippen LogP contribution in [0.25, 0.3) is 0 Å². The monoisotopic (exact) mass is 644 g/mol. The van der Waals surface area contributed by atoms with Crippen LogP contribution in [-0.2, 0) is 33.0 Å². The van der Waals surface area contributed by atoms with Crippen LogP contribution in [0.1, 0.15) is 69.7 Å². The lowest BCUT2D eigenvalue weighted by atomic mass is 9.98. The van der Waals surface area contributed by atoms with Crippen molar-refractivity contribution in [2.24, 2.45) is 5.92 Å². The van der Waals surface area contributed by atoms with Crippen molar-refractivity contribution in [3.8, 4) is 17.9 Å². The summed E-state index contributed by atoms with van der Waals surface area (Å²) in [7, 11) is 1.97. The summed E-state index contributed by atoms with van der Waals surface area (Å²) < 4.78 is 1.59. The molecule has 13 nitrogen and oxygen atoms in total. The number of anilines is 2. The highest BCUT2D eigenvalue weighted by Gasteiger charge is 2.45. The summed E-state index contributed by atoms with van der Waals surface area (Å²) in [4.78, 5) is 68.6. The largest absolute Gasteiger partial charge is 0.369 e. The van der Waals surface area contributed by atoms with Gasteiger partial charge in [-0.2, -0.15) is 10.4 Å². The van der Waals surface area contributed by atoms with Gasteiger partial charge < -0.3 is 10.2 Å². The number of fused-ring (bicyclic) bond motifs is 2. The van der Waals surface area contributed by atoms with Crippen LogP contribution in [0.5, 0.6) is 0 Å². The van der Waals surface area contributed by atoms with Gasteiger partial charge in [-0.15, -0.1) is 0 Å². The third kappa shape index (κ3) is 5.18. The van der Waals surface area contributed by atoms with Crippen LogP contribution in [-0.4, -0.2) is 75.3 Å². The van der Waals surface area contributed by atoms with Crippen LogP contribution in [0.15, 0.2) is 42.7 Å². The molecule has 0 bridgehead atoms. The van der Waals surface area contributed by atoms with Gasteiger partial charge in [0, 0.05) is 50.2 Å². The number of rotatable bonds is 5. The average Bonchev–Trinajstić information content (AvgIpc) is 3.74. The van der Waals surface area contributed by atoms with Gasteiger partial charge in [0.15, 0.2) is 0 Å². The number of amides is 5. The zero-order chi connectivity index (χ0) is 33.9. The fourth-order valence-electron chi connectivity index (χ4n) is 6.57. The van der Waals surface area contributed by atoms with Crippen molar-refractivity contribution < 1.29 is 24.0 Å². The summed E-state index contributed by atoms with van der Waals surface area (Å²) in [6, 6.07) is 9.82. The minimum atomic E-state index is -1.02. The van der Waals surface area contributed by atoms with E-state index in [1.807, 2.05) is 7.05 Å². The van der Waals surface area contributed by atoms with Crippen molar-refractivity contribution in [3.63, 3.8) is 0 Å². The summed E-state index contributed by atoms with van der Waals surface area (Å²) >= 11 is 0. The van der Waals surface area contributed by atoms with Crippen molar-refractivity contribution in [1.82, 2.24) is 24.9 Å². The van der Waals surface area contributed by atoms with Gasteiger partial charge in [-0.3, -0.25) is 43.8 Å².